The van der Waals surface area contributed by atoms with Gasteiger partial charge in [0.05, 0.1) is 22.9 Å². The first-order valence-corrected chi connectivity index (χ1v) is 6.88. The lowest BCUT2D eigenvalue weighted by atomic mass is 10.1. The molecule has 0 spiro atoms. The Hall–Kier alpha value is -2.62. The summed E-state index contributed by atoms with van der Waals surface area (Å²) >= 11 is 0. The van der Waals surface area contributed by atoms with Gasteiger partial charge in [-0.05, 0) is 42.7 Å². The van der Waals surface area contributed by atoms with Gasteiger partial charge < -0.3 is 9.67 Å². The monoisotopic (exact) mass is 280 g/mol. The van der Waals surface area contributed by atoms with Gasteiger partial charge in [-0.2, -0.15) is 0 Å². The number of aromatic carboxylic acids is 1. The first kappa shape index (κ1) is 13.4. The highest BCUT2D eigenvalue weighted by molar-refractivity contribution is 5.92. The number of imidazole rings is 1. The molecule has 0 aliphatic rings. The summed E-state index contributed by atoms with van der Waals surface area (Å²) in [5.41, 5.74) is 4.55. The summed E-state index contributed by atoms with van der Waals surface area (Å²) in [6.07, 6.45) is 2.67. The first-order chi connectivity index (χ1) is 10.1. The molecule has 4 nitrogen and oxygen atoms in total. The van der Waals surface area contributed by atoms with Crippen LogP contribution in [0, 0.1) is 6.92 Å². The highest BCUT2D eigenvalue weighted by Crippen LogP contribution is 2.17. The van der Waals surface area contributed by atoms with E-state index in [1.807, 2.05) is 16.7 Å². The van der Waals surface area contributed by atoms with Gasteiger partial charge in [-0.3, -0.25) is 0 Å². The fraction of sp³-hybridized carbons (Fsp3) is 0.176. The number of nitrogens with zero attached hydrogens (tertiary/aromatic N) is 2. The summed E-state index contributed by atoms with van der Waals surface area (Å²) in [6, 6.07) is 13.3. The molecule has 106 valence electrons. The van der Waals surface area contributed by atoms with E-state index in [0.29, 0.717) is 5.56 Å². The second kappa shape index (κ2) is 5.40. The molecule has 2 aromatic carbocycles. The Morgan fingerprint density at radius 2 is 2.05 bits per heavy atom. The first-order valence-electron chi connectivity index (χ1n) is 6.88. The van der Waals surface area contributed by atoms with E-state index < -0.39 is 5.97 Å². The van der Waals surface area contributed by atoms with Crippen molar-refractivity contribution in [2.45, 2.75) is 19.9 Å². The van der Waals surface area contributed by atoms with Gasteiger partial charge in [-0.25, -0.2) is 9.78 Å². The molecule has 0 atom stereocenters. The van der Waals surface area contributed by atoms with Crippen molar-refractivity contribution in [2.75, 3.05) is 0 Å². The zero-order valence-electron chi connectivity index (χ0n) is 11.8. The van der Waals surface area contributed by atoms with Crippen molar-refractivity contribution in [3.63, 3.8) is 0 Å². The van der Waals surface area contributed by atoms with Crippen molar-refractivity contribution in [1.29, 1.82) is 0 Å². The number of hydrogen-bond acceptors (Lipinski definition) is 2. The van der Waals surface area contributed by atoms with Crippen molar-refractivity contribution in [2.24, 2.45) is 0 Å². The van der Waals surface area contributed by atoms with E-state index >= 15 is 0 Å². The van der Waals surface area contributed by atoms with E-state index in [0.717, 1.165) is 24.0 Å². The molecule has 0 saturated heterocycles. The Labute approximate surface area is 122 Å². The molecule has 0 saturated carbocycles. The topological polar surface area (TPSA) is 55.1 Å². The third-order valence-electron chi connectivity index (χ3n) is 3.75. The van der Waals surface area contributed by atoms with Crippen LogP contribution >= 0.6 is 0 Å². The molecule has 0 fully saturated rings. The number of benzene rings is 2. The number of aromatic nitrogens is 2. The zero-order valence-corrected chi connectivity index (χ0v) is 11.8. The third-order valence-corrected chi connectivity index (χ3v) is 3.75. The number of carboxylic acids is 1. The molecule has 0 radical (unpaired) electrons. The van der Waals surface area contributed by atoms with E-state index in [4.69, 9.17) is 5.11 Å². The van der Waals surface area contributed by atoms with Gasteiger partial charge in [-0.1, -0.05) is 24.3 Å². The van der Waals surface area contributed by atoms with Gasteiger partial charge in [-0.15, -0.1) is 0 Å². The van der Waals surface area contributed by atoms with Crippen molar-refractivity contribution in [3.8, 4) is 0 Å². The van der Waals surface area contributed by atoms with Gasteiger partial charge in [0.15, 0.2) is 0 Å². The van der Waals surface area contributed by atoms with E-state index in [-0.39, 0.29) is 0 Å². The molecular formula is C17H16N2O2. The minimum atomic E-state index is -0.913. The van der Waals surface area contributed by atoms with Crippen molar-refractivity contribution in [1.82, 2.24) is 9.55 Å². The van der Waals surface area contributed by atoms with Gasteiger partial charge in [0.25, 0.3) is 0 Å². The fourth-order valence-electron chi connectivity index (χ4n) is 2.50. The van der Waals surface area contributed by atoms with Crippen LogP contribution in [0.2, 0.25) is 0 Å². The second-order valence-corrected chi connectivity index (χ2v) is 5.12. The van der Waals surface area contributed by atoms with Crippen molar-refractivity contribution < 1.29 is 9.90 Å². The molecule has 0 amide bonds. The highest BCUT2D eigenvalue weighted by Gasteiger charge is 2.08. The van der Waals surface area contributed by atoms with Crippen molar-refractivity contribution >= 4 is 17.0 Å². The summed E-state index contributed by atoms with van der Waals surface area (Å²) < 4.78 is 2.01. The van der Waals surface area contributed by atoms with E-state index in [9.17, 15) is 4.79 Å². The highest BCUT2D eigenvalue weighted by atomic mass is 16.4. The second-order valence-electron chi connectivity index (χ2n) is 5.12. The van der Waals surface area contributed by atoms with E-state index in [2.05, 4.69) is 24.0 Å². The molecular weight excluding hydrogens is 264 g/mol. The van der Waals surface area contributed by atoms with Gasteiger partial charge in [0, 0.05) is 6.54 Å². The van der Waals surface area contributed by atoms with E-state index in [1.54, 1.807) is 24.5 Å². The van der Waals surface area contributed by atoms with Crippen LogP contribution in [-0.4, -0.2) is 20.6 Å². The maximum Gasteiger partial charge on any atom is 0.335 e. The Bertz CT molecular complexity index is 805. The van der Waals surface area contributed by atoms with Crippen LogP contribution in [0.25, 0.3) is 11.0 Å². The maximum atomic E-state index is 11.1. The summed E-state index contributed by atoms with van der Waals surface area (Å²) in [6.45, 7) is 2.88. The minimum absolute atomic E-state index is 0.292. The Balaban J connectivity index is 1.89. The number of fused-ring (bicyclic) bond motifs is 1. The van der Waals surface area contributed by atoms with Crippen LogP contribution in [0.15, 0.2) is 48.8 Å². The molecule has 0 aliphatic heterocycles. The largest absolute Gasteiger partial charge is 0.478 e. The summed E-state index contributed by atoms with van der Waals surface area (Å²) in [7, 11) is 0. The average Bonchev–Trinajstić information content (AvgIpc) is 2.88. The van der Waals surface area contributed by atoms with Crippen LogP contribution in [0.1, 0.15) is 21.5 Å². The SMILES string of the molecule is Cc1ccccc1CCn1cnc2ccc(C(=O)O)cc21. The lowest BCUT2D eigenvalue weighted by Gasteiger charge is -2.07. The lowest BCUT2D eigenvalue weighted by Crippen LogP contribution is -2.02. The fourth-order valence-corrected chi connectivity index (χ4v) is 2.50. The summed E-state index contributed by atoms with van der Waals surface area (Å²) in [4.78, 5) is 15.4. The Morgan fingerprint density at radius 3 is 2.81 bits per heavy atom. The quantitative estimate of drug-likeness (QED) is 0.798. The molecule has 1 N–H and O–H groups in total. The van der Waals surface area contributed by atoms with Crippen LogP contribution in [0.4, 0.5) is 0 Å². The number of carboxylic acid groups (broad SMARTS) is 1. The van der Waals surface area contributed by atoms with Gasteiger partial charge in [0.1, 0.15) is 0 Å². The van der Waals surface area contributed by atoms with Gasteiger partial charge >= 0.3 is 5.97 Å². The average molecular weight is 280 g/mol. The summed E-state index contributed by atoms with van der Waals surface area (Å²) in [5, 5.41) is 9.09. The molecule has 0 aliphatic carbocycles. The molecule has 3 aromatic rings. The number of aryl methyl sites for hydroxylation is 3. The smallest absolute Gasteiger partial charge is 0.335 e. The molecule has 0 bridgehead atoms. The standard InChI is InChI=1S/C17H16N2O2/c1-12-4-2-3-5-13(12)8-9-19-11-18-15-7-6-14(17(20)21)10-16(15)19/h2-7,10-11H,8-9H2,1H3,(H,20,21). The van der Waals surface area contributed by atoms with Gasteiger partial charge in [0.2, 0.25) is 0 Å². The lowest BCUT2D eigenvalue weighted by molar-refractivity contribution is 0.0697. The maximum absolute atomic E-state index is 11.1. The van der Waals surface area contributed by atoms with Crippen LogP contribution < -0.4 is 0 Å². The minimum Gasteiger partial charge on any atom is -0.478 e. The normalized spacial score (nSPS) is 10.9. The van der Waals surface area contributed by atoms with Crippen LogP contribution in [0.5, 0.6) is 0 Å². The number of carbonyl (C=O) groups is 1. The van der Waals surface area contributed by atoms with Crippen LogP contribution in [0.3, 0.4) is 0 Å². The predicted octanol–water partition coefficient (Wildman–Crippen LogP) is 3.29. The Morgan fingerprint density at radius 1 is 1.24 bits per heavy atom. The molecule has 21 heavy (non-hydrogen) atoms. The predicted molar refractivity (Wildman–Crippen MR) is 81.6 cm³/mol. The third kappa shape index (κ3) is 2.65. The summed E-state index contributed by atoms with van der Waals surface area (Å²) in [5.74, 6) is -0.913. The zero-order chi connectivity index (χ0) is 14.8. The molecule has 1 aromatic heterocycles. The van der Waals surface area contributed by atoms with Crippen LogP contribution in [-0.2, 0) is 13.0 Å². The number of hydrogen-bond donors (Lipinski definition) is 1. The van der Waals surface area contributed by atoms with Crippen molar-refractivity contribution in [3.05, 3.63) is 65.5 Å². The Kier molecular flexibility index (Phi) is 3.44. The molecule has 3 rings (SSSR count). The molecule has 4 heteroatoms. The molecule has 1 heterocycles. The van der Waals surface area contributed by atoms with E-state index in [1.165, 1.54) is 11.1 Å². The molecule has 0 unspecified atom stereocenters. The number of rotatable bonds is 4.